The summed E-state index contributed by atoms with van der Waals surface area (Å²) in [5, 5.41) is 6.22. The van der Waals surface area contributed by atoms with Crippen LogP contribution in [0.15, 0.2) is 54.6 Å². The first-order valence-electron chi connectivity index (χ1n) is 9.47. The molecular weight excluding hydrogens is 386 g/mol. The average molecular weight is 407 g/mol. The zero-order valence-corrected chi connectivity index (χ0v) is 16.8. The van der Waals surface area contributed by atoms with E-state index in [1.807, 2.05) is 37.3 Å². The fraction of sp³-hybridized carbons (Fsp3) is 0.227. The van der Waals surface area contributed by atoms with Crippen LogP contribution < -0.4 is 10.6 Å². The number of rotatable bonds is 5. The number of thiazole rings is 1. The molecule has 148 valence electrons. The van der Waals surface area contributed by atoms with Gasteiger partial charge in [-0.3, -0.25) is 14.9 Å². The summed E-state index contributed by atoms with van der Waals surface area (Å²) in [6, 6.07) is 16.7. The predicted molar refractivity (Wildman–Crippen MR) is 114 cm³/mol. The molecule has 29 heavy (non-hydrogen) atoms. The van der Waals surface area contributed by atoms with Gasteiger partial charge in [-0.15, -0.1) is 11.3 Å². The lowest BCUT2D eigenvalue weighted by molar-refractivity contribution is -0.124. The van der Waals surface area contributed by atoms with Gasteiger partial charge in [0.1, 0.15) is 6.10 Å². The van der Waals surface area contributed by atoms with Crippen molar-refractivity contribution in [1.82, 2.24) is 4.98 Å². The highest BCUT2D eigenvalue weighted by Crippen LogP contribution is 2.30. The molecule has 0 spiro atoms. The molecule has 1 aromatic heterocycles. The van der Waals surface area contributed by atoms with Gasteiger partial charge in [-0.1, -0.05) is 36.4 Å². The SMILES string of the molecule is Cc1sc(NC(=O)c2cccc(NC(=O)C3CCCO3)c2)nc1-c1ccccc1. The molecule has 7 heteroatoms. The molecule has 0 bridgehead atoms. The van der Waals surface area contributed by atoms with Gasteiger partial charge >= 0.3 is 0 Å². The zero-order chi connectivity index (χ0) is 20.2. The Kier molecular flexibility index (Phi) is 5.69. The summed E-state index contributed by atoms with van der Waals surface area (Å²) in [6.07, 6.45) is 1.19. The van der Waals surface area contributed by atoms with Crippen LogP contribution in [0, 0.1) is 6.92 Å². The molecule has 1 aliphatic heterocycles. The van der Waals surface area contributed by atoms with Crippen LogP contribution in [0.1, 0.15) is 28.1 Å². The number of ether oxygens (including phenoxy) is 1. The Hall–Kier alpha value is -3.03. The summed E-state index contributed by atoms with van der Waals surface area (Å²) >= 11 is 1.43. The topological polar surface area (TPSA) is 80.3 Å². The normalized spacial score (nSPS) is 15.8. The van der Waals surface area contributed by atoms with Crippen molar-refractivity contribution < 1.29 is 14.3 Å². The van der Waals surface area contributed by atoms with E-state index in [1.54, 1.807) is 24.3 Å². The van der Waals surface area contributed by atoms with Crippen molar-refractivity contribution >= 4 is 34.0 Å². The number of carbonyl (C=O) groups excluding carboxylic acids is 2. The van der Waals surface area contributed by atoms with Crippen molar-refractivity contribution in [1.29, 1.82) is 0 Å². The number of aromatic nitrogens is 1. The van der Waals surface area contributed by atoms with Crippen molar-refractivity contribution in [2.75, 3.05) is 17.2 Å². The van der Waals surface area contributed by atoms with Crippen molar-refractivity contribution in [3.63, 3.8) is 0 Å². The second-order valence-corrected chi connectivity index (χ2v) is 8.02. The molecule has 2 amide bonds. The van der Waals surface area contributed by atoms with E-state index in [0.29, 0.717) is 23.0 Å². The van der Waals surface area contributed by atoms with Crippen molar-refractivity contribution in [2.24, 2.45) is 0 Å². The van der Waals surface area contributed by atoms with E-state index in [-0.39, 0.29) is 11.8 Å². The maximum atomic E-state index is 12.7. The molecule has 2 N–H and O–H groups in total. The van der Waals surface area contributed by atoms with Gasteiger partial charge in [0.15, 0.2) is 5.13 Å². The number of hydrogen-bond donors (Lipinski definition) is 2. The van der Waals surface area contributed by atoms with Crippen LogP contribution in [-0.4, -0.2) is 29.5 Å². The van der Waals surface area contributed by atoms with E-state index >= 15 is 0 Å². The van der Waals surface area contributed by atoms with E-state index in [1.165, 1.54) is 11.3 Å². The third kappa shape index (κ3) is 4.52. The minimum atomic E-state index is -0.415. The van der Waals surface area contributed by atoms with Gasteiger partial charge in [0.2, 0.25) is 0 Å². The maximum absolute atomic E-state index is 12.7. The first kappa shape index (κ1) is 19.3. The monoisotopic (exact) mass is 407 g/mol. The first-order chi connectivity index (χ1) is 14.1. The van der Waals surface area contributed by atoms with Crippen LogP contribution in [0.4, 0.5) is 10.8 Å². The minimum absolute atomic E-state index is 0.178. The molecule has 0 aliphatic carbocycles. The number of amides is 2. The molecule has 1 unspecified atom stereocenters. The average Bonchev–Trinajstić information content (AvgIpc) is 3.39. The molecule has 2 heterocycles. The summed E-state index contributed by atoms with van der Waals surface area (Å²) < 4.78 is 5.40. The van der Waals surface area contributed by atoms with Crippen LogP contribution in [0.5, 0.6) is 0 Å². The summed E-state index contributed by atoms with van der Waals surface area (Å²) in [5.41, 5.74) is 2.90. The Balaban J connectivity index is 1.46. The summed E-state index contributed by atoms with van der Waals surface area (Å²) in [6.45, 7) is 2.59. The molecule has 4 rings (SSSR count). The van der Waals surface area contributed by atoms with Gasteiger partial charge in [-0.05, 0) is 38.0 Å². The van der Waals surface area contributed by atoms with Crippen LogP contribution in [0.3, 0.4) is 0 Å². The van der Waals surface area contributed by atoms with Gasteiger partial charge in [0.25, 0.3) is 11.8 Å². The van der Waals surface area contributed by atoms with Gasteiger partial charge in [0.05, 0.1) is 5.69 Å². The van der Waals surface area contributed by atoms with E-state index in [2.05, 4.69) is 15.6 Å². The Labute approximate surface area is 172 Å². The van der Waals surface area contributed by atoms with E-state index in [4.69, 9.17) is 4.74 Å². The largest absolute Gasteiger partial charge is 0.368 e. The highest BCUT2D eigenvalue weighted by atomic mass is 32.1. The fourth-order valence-corrected chi connectivity index (χ4v) is 4.06. The molecule has 1 atom stereocenters. The maximum Gasteiger partial charge on any atom is 0.257 e. The van der Waals surface area contributed by atoms with Gasteiger partial charge < -0.3 is 10.1 Å². The molecule has 1 saturated heterocycles. The zero-order valence-electron chi connectivity index (χ0n) is 16.0. The van der Waals surface area contributed by atoms with E-state index < -0.39 is 6.10 Å². The first-order valence-corrected chi connectivity index (χ1v) is 10.3. The second kappa shape index (κ2) is 8.55. The Morgan fingerprint density at radius 3 is 2.69 bits per heavy atom. The van der Waals surface area contributed by atoms with Crippen LogP contribution >= 0.6 is 11.3 Å². The Morgan fingerprint density at radius 2 is 1.93 bits per heavy atom. The number of nitrogens with one attached hydrogen (secondary N) is 2. The lowest BCUT2D eigenvalue weighted by Crippen LogP contribution is -2.27. The number of nitrogens with zero attached hydrogens (tertiary/aromatic N) is 1. The van der Waals surface area contributed by atoms with Crippen molar-refractivity contribution in [3.8, 4) is 11.3 Å². The number of hydrogen-bond acceptors (Lipinski definition) is 5. The van der Waals surface area contributed by atoms with Crippen LogP contribution in [0.25, 0.3) is 11.3 Å². The minimum Gasteiger partial charge on any atom is -0.368 e. The summed E-state index contributed by atoms with van der Waals surface area (Å²) in [5.74, 6) is -0.449. The van der Waals surface area contributed by atoms with Crippen LogP contribution in [-0.2, 0) is 9.53 Å². The number of benzene rings is 2. The Bertz CT molecular complexity index is 1030. The summed E-state index contributed by atoms with van der Waals surface area (Å²) in [7, 11) is 0. The molecule has 0 saturated carbocycles. The number of carbonyl (C=O) groups is 2. The standard InChI is InChI=1S/C22H21N3O3S/c1-14-19(15-7-3-2-4-8-15)24-22(29-14)25-20(26)16-9-5-10-17(13-16)23-21(27)18-11-6-12-28-18/h2-5,7-10,13,18H,6,11-12H2,1H3,(H,23,27)(H,24,25,26). The highest BCUT2D eigenvalue weighted by Gasteiger charge is 2.23. The molecule has 6 nitrogen and oxygen atoms in total. The smallest absolute Gasteiger partial charge is 0.257 e. The lowest BCUT2D eigenvalue weighted by atomic mass is 10.1. The van der Waals surface area contributed by atoms with E-state index in [0.717, 1.165) is 29.0 Å². The van der Waals surface area contributed by atoms with Gasteiger partial charge in [-0.2, -0.15) is 0 Å². The quantitative estimate of drug-likeness (QED) is 0.653. The van der Waals surface area contributed by atoms with Gasteiger partial charge in [0, 0.05) is 28.3 Å². The molecule has 1 fully saturated rings. The molecule has 3 aromatic rings. The highest BCUT2D eigenvalue weighted by molar-refractivity contribution is 7.16. The van der Waals surface area contributed by atoms with Gasteiger partial charge in [-0.25, -0.2) is 4.98 Å². The van der Waals surface area contributed by atoms with Crippen molar-refractivity contribution in [2.45, 2.75) is 25.9 Å². The molecule has 1 aliphatic rings. The summed E-state index contributed by atoms with van der Waals surface area (Å²) in [4.78, 5) is 30.5. The number of anilines is 2. The molecular formula is C22H21N3O3S. The lowest BCUT2D eigenvalue weighted by Gasteiger charge is -2.11. The molecule has 0 radical (unpaired) electrons. The Morgan fingerprint density at radius 1 is 1.10 bits per heavy atom. The predicted octanol–water partition coefficient (Wildman–Crippen LogP) is 4.49. The fourth-order valence-electron chi connectivity index (χ4n) is 3.23. The molecule has 2 aromatic carbocycles. The van der Waals surface area contributed by atoms with Crippen molar-refractivity contribution in [3.05, 3.63) is 65.0 Å². The third-order valence-electron chi connectivity index (χ3n) is 4.68. The third-order valence-corrected chi connectivity index (χ3v) is 5.56. The second-order valence-electron chi connectivity index (χ2n) is 6.82. The number of aryl methyl sites for hydroxylation is 1. The van der Waals surface area contributed by atoms with Crippen LogP contribution in [0.2, 0.25) is 0 Å². The van der Waals surface area contributed by atoms with E-state index in [9.17, 15) is 9.59 Å².